The zero-order valence-corrected chi connectivity index (χ0v) is 13.1. The number of aliphatic carboxylic acids is 1. The number of hydrogen-bond donors (Lipinski definition) is 2. The number of allylic oxidation sites excluding steroid dienone is 2. The van der Waals surface area contributed by atoms with Crippen LogP contribution in [0.3, 0.4) is 0 Å². The van der Waals surface area contributed by atoms with Gasteiger partial charge < -0.3 is 14.8 Å². The van der Waals surface area contributed by atoms with Crippen molar-refractivity contribution in [2.24, 2.45) is 11.8 Å². The van der Waals surface area contributed by atoms with Gasteiger partial charge in [0.1, 0.15) is 11.8 Å². The molecular formula is C19H19NO4. The molecule has 0 saturated heterocycles. The second-order valence-electron chi connectivity index (χ2n) is 5.86. The molecule has 1 amide bonds. The molecule has 2 N–H and O–H groups in total. The van der Waals surface area contributed by atoms with Gasteiger partial charge in [-0.15, -0.1) is 0 Å². The number of nitrogens with one attached hydrogen (secondary N) is 1. The van der Waals surface area contributed by atoms with Gasteiger partial charge in [-0.05, 0) is 30.5 Å². The Bertz CT molecular complexity index is 721. The van der Waals surface area contributed by atoms with Gasteiger partial charge in [-0.2, -0.15) is 0 Å². The number of hydrogen-bond acceptors (Lipinski definition) is 3. The van der Waals surface area contributed by atoms with Gasteiger partial charge in [-0.3, -0.25) is 9.59 Å². The Morgan fingerprint density at radius 1 is 1.04 bits per heavy atom. The van der Waals surface area contributed by atoms with E-state index in [2.05, 4.69) is 5.32 Å². The Hall–Kier alpha value is -2.82. The highest BCUT2D eigenvalue weighted by Gasteiger charge is 2.35. The van der Waals surface area contributed by atoms with E-state index in [1.165, 1.54) is 0 Å². The van der Waals surface area contributed by atoms with E-state index in [-0.39, 0.29) is 5.91 Å². The first-order valence-corrected chi connectivity index (χ1v) is 7.93. The average molecular weight is 325 g/mol. The second-order valence-corrected chi connectivity index (χ2v) is 5.86. The van der Waals surface area contributed by atoms with Crippen LogP contribution in [-0.2, 0) is 9.59 Å². The molecular weight excluding hydrogens is 306 g/mol. The summed E-state index contributed by atoms with van der Waals surface area (Å²) in [6, 6.07) is 12.6. The number of carbonyl (C=O) groups is 2. The predicted molar refractivity (Wildman–Crippen MR) is 88.1 cm³/mol. The molecule has 2 aromatic rings. The average Bonchev–Trinajstić information content (AvgIpc) is 3.14. The second kappa shape index (κ2) is 7.17. The van der Waals surface area contributed by atoms with Crippen molar-refractivity contribution in [1.29, 1.82) is 0 Å². The molecule has 1 aromatic carbocycles. The lowest BCUT2D eigenvalue weighted by Crippen LogP contribution is -2.40. The minimum absolute atomic E-state index is 0.267. The summed E-state index contributed by atoms with van der Waals surface area (Å²) in [4.78, 5) is 24.2. The fourth-order valence-electron chi connectivity index (χ4n) is 3.05. The van der Waals surface area contributed by atoms with E-state index >= 15 is 0 Å². The third-order valence-electron chi connectivity index (χ3n) is 4.33. The van der Waals surface area contributed by atoms with Crippen LogP contribution >= 0.6 is 0 Å². The van der Waals surface area contributed by atoms with Crippen molar-refractivity contribution in [2.75, 3.05) is 0 Å². The van der Waals surface area contributed by atoms with Crippen molar-refractivity contribution in [3.05, 3.63) is 72.2 Å². The summed E-state index contributed by atoms with van der Waals surface area (Å²) in [6.07, 6.45) is 6.06. The predicted octanol–water partition coefficient (Wildman–Crippen LogP) is 3.15. The third kappa shape index (κ3) is 3.40. The van der Waals surface area contributed by atoms with Crippen LogP contribution in [0.25, 0.3) is 0 Å². The SMILES string of the molecule is O=C(O)[C@@H]1CC=CC[C@H]1C(=O)N[C@H](c1ccccc1)c1ccco1. The van der Waals surface area contributed by atoms with Crippen molar-refractivity contribution in [3.63, 3.8) is 0 Å². The van der Waals surface area contributed by atoms with Crippen molar-refractivity contribution in [3.8, 4) is 0 Å². The summed E-state index contributed by atoms with van der Waals surface area (Å²) in [5.74, 6) is -1.85. The molecule has 0 spiro atoms. The highest BCUT2D eigenvalue weighted by Crippen LogP contribution is 2.28. The minimum Gasteiger partial charge on any atom is -0.481 e. The quantitative estimate of drug-likeness (QED) is 0.828. The summed E-state index contributed by atoms with van der Waals surface area (Å²) in [5, 5.41) is 12.3. The number of benzene rings is 1. The Morgan fingerprint density at radius 3 is 2.38 bits per heavy atom. The van der Waals surface area contributed by atoms with Crippen LogP contribution in [0.4, 0.5) is 0 Å². The topological polar surface area (TPSA) is 79.5 Å². The molecule has 0 saturated carbocycles. The largest absolute Gasteiger partial charge is 0.481 e. The van der Waals surface area contributed by atoms with E-state index in [1.54, 1.807) is 18.4 Å². The van der Waals surface area contributed by atoms with Gasteiger partial charge in [-0.1, -0.05) is 42.5 Å². The molecule has 3 rings (SSSR count). The van der Waals surface area contributed by atoms with Crippen LogP contribution < -0.4 is 5.32 Å². The first kappa shape index (κ1) is 16.1. The number of carbonyl (C=O) groups excluding carboxylic acids is 1. The summed E-state index contributed by atoms with van der Waals surface area (Å²) in [7, 11) is 0. The van der Waals surface area contributed by atoms with Gasteiger partial charge in [0.25, 0.3) is 0 Å². The summed E-state index contributed by atoms with van der Waals surface area (Å²) < 4.78 is 5.47. The first-order chi connectivity index (χ1) is 11.7. The molecule has 124 valence electrons. The van der Waals surface area contributed by atoms with Crippen LogP contribution in [0, 0.1) is 11.8 Å². The van der Waals surface area contributed by atoms with Crippen molar-refractivity contribution < 1.29 is 19.1 Å². The van der Waals surface area contributed by atoms with E-state index in [4.69, 9.17) is 4.42 Å². The highest BCUT2D eigenvalue weighted by molar-refractivity contribution is 5.85. The molecule has 0 unspecified atom stereocenters. The van der Waals surface area contributed by atoms with Gasteiger partial charge in [-0.25, -0.2) is 0 Å². The summed E-state index contributed by atoms with van der Waals surface area (Å²) >= 11 is 0. The zero-order valence-electron chi connectivity index (χ0n) is 13.1. The van der Waals surface area contributed by atoms with E-state index in [0.29, 0.717) is 18.6 Å². The van der Waals surface area contributed by atoms with Crippen LogP contribution in [0.2, 0.25) is 0 Å². The fourth-order valence-corrected chi connectivity index (χ4v) is 3.05. The lowest BCUT2D eigenvalue weighted by molar-refractivity contribution is -0.147. The van der Waals surface area contributed by atoms with Crippen molar-refractivity contribution >= 4 is 11.9 Å². The lowest BCUT2D eigenvalue weighted by atomic mass is 9.82. The summed E-state index contributed by atoms with van der Waals surface area (Å²) in [6.45, 7) is 0. The standard InChI is InChI=1S/C19H19NO4/c21-18(14-9-4-5-10-15(14)19(22)23)20-17(16-11-6-12-24-16)13-7-2-1-3-8-13/h1-8,11-12,14-15,17H,9-10H2,(H,20,21)(H,22,23)/t14-,15-,17-/m1/s1. The van der Waals surface area contributed by atoms with Gasteiger partial charge in [0.15, 0.2) is 0 Å². The fraction of sp³-hybridized carbons (Fsp3) is 0.263. The summed E-state index contributed by atoms with van der Waals surface area (Å²) in [5.41, 5.74) is 0.888. The Morgan fingerprint density at radius 2 is 1.75 bits per heavy atom. The molecule has 1 aromatic heterocycles. The monoisotopic (exact) mass is 325 g/mol. The molecule has 0 radical (unpaired) electrons. The number of amides is 1. The van der Waals surface area contributed by atoms with Crippen LogP contribution in [0.15, 0.2) is 65.3 Å². The maximum Gasteiger partial charge on any atom is 0.307 e. The number of rotatable bonds is 5. The molecule has 0 fully saturated rings. The first-order valence-electron chi connectivity index (χ1n) is 7.93. The molecule has 5 nitrogen and oxygen atoms in total. The number of carboxylic acids is 1. The zero-order chi connectivity index (χ0) is 16.9. The molecule has 1 aliphatic carbocycles. The lowest BCUT2D eigenvalue weighted by Gasteiger charge is -2.26. The van der Waals surface area contributed by atoms with Crippen LogP contribution in [-0.4, -0.2) is 17.0 Å². The maximum absolute atomic E-state index is 12.7. The highest BCUT2D eigenvalue weighted by atomic mass is 16.4. The van der Waals surface area contributed by atoms with E-state index in [1.807, 2.05) is 42.5 Å². The molecule has 0 aliphatic heterocycles. The van der Waals surface area contributed by atoms with E-state index in [0.717, 1.165) is 5.56 Å². The Labute approximate surface area is 140 Å². The van der Waals surface area contributed by atoms with Crippen molar-refractivity contribution in [1.82, 2.24) is 5.32 Å². The van der Waals surface area contributed by atoms with Gasteiger partial charge in [0.05, 0.1) is 18.1 Å². The molecule has 0 bridgehead atoms. The smallest absolute Gasteiger partial charge is 0.307 e. The van der Waals surface area contributed by atoms with Crippen molar-refractivity contribution in [2.45, 2.75) is 18.9 Å². The number of carboxylic acid groups (broad SMARTS) is 1. The normalized spacial score (nSPS) is 21.2. The van der Waals surface area contributed by atoms with E-state index in [9.17, 15) is 14.7 Å². The molecule has 1 aliphatic rings. The Balaban J connectivity index is 1.84. The molecule has 5 heteroatoms. The van der Waals surface area contributed by atoms with Gasteiger partial charge in [0, 0.05) is 0 Å². The van der Waals surface area contributed by atoms with Crippen LogP contribution in [0.1, 0.15) is 30.2 Å². The van der Waals surface area contributed by atoms with E-state index < -0.39 is 23.8 Å². The van der Waals surface area contributed by atoms with Crippen LogP contribution in [0.5, 0.6) is 0 Å². The van der Waals surface area contributed by atoms with Gasteiger partial charge in [0.2, 0.25) is 5.91 Å². The maximum atomic E-state index is 12.7. The number of furan rings is 1. The van der Waals surface area contributed by atoms with Gasteiger partial charge >= 0.3 is 5.97 Å². The Kier molecular flexibility index (Phi) is 4.79. The third-order valence-corrected chi connectivity index (χ3v) is 4.33. The molecule has 3 atom stereocenters. The molecule has 1 heterocycles. The minimum atomic E-state index is -0.936. The molecule has 24 heavy (non-hydrogen) atoms.